The molecule has 1 aliphatic carbocycles. The summed E-state index contributed by atoms with van der Waals surface area (Å²) in [6.07, 6.45) is 8.64. The number of thiophene rings is 1. The van der Waals surface area contributed by atoms with Crippen molar-refractivity contribution in [3.05, 3.63) is 45.6 Å². The highest BCUT2D eigenvalue weighted by Crippen LogP contribution is 2.42. The van der Waals surface area contributed by atoms with Crippen molar-refractivity contribution >= 4 is 45.3 Å². The summed E-state index contributed by atoms with van der Waals surface area (Å²) in [4.78, 5) is 0. The number of fused-ring (bicyclic) bond motifs is 1. The largest absolute Gasteiger partial charge is 0.504 e. The fourth-order valence-electron chi connectivity index (χ4n) is 4.12. The molecule has 7 heteroatoms. The molecule has 0 aliphatic heterocycles. The number of rotatable bonds is 10. The molecule has 4 nitrogen and oxygen atoms in total. The van der Waals surface area contributed by atoms with Crippen LogP contribution < -0.4 is 11.1 Å². The van der Waals surface area contributed by atoms with Gasteiger partial charge in [0.15, 0.2) is 11.5 Å². The molecule has 0 saturated heterocycles. The Morgan fingerprint density at radius 3 is 2.59 bits per heavy atom. The second-order valence-corrected chi connectivity index (χ2v) is 8.42. The van der Waals surface area contributed by atoms with E-state index in [-0.39, 0.29) is 51.5 Å². The van der Waals surface area contributed by atoms with Gasteiger partial charge in [-0.25, -0.2) is 0 Å². The van der Waals surface area contributed by atoms with Crippen LogP contribution in [0.25, 0.3) is 0 Å². The number of unbranched alkanes of at least 4 members (excludes halogenated alkanes) is 3. The Kier molecular flexibility index (Phi) is 12.4. The third kappa shape index (κ3) is 7.55. The van der Waals surface area contributed by atoms with E-state index in [9.17, 15) is 10.2 Å². The van der Waals surface area contributed by atoms with E-state index in [2.05, 4.69) is 22.1 Å². The third-order valence-electron chi connectivity index (χ3n) is 5.73. The number of hydrogen-bond donors (Lipinski definition) is 4. The number of benzene rings is 1. The van der Waals surface area contributed by atoms with Gasteiger partial charge in [0, 0.05) is 11.6 Å². The van der Waals surface area contributed by atoms with Gasteiger partial charge in [-0.15, -0.1) is 34.0 Å². The molecule has 1 heterocycles. The van der Waals surface area contributed by atoms with Gasteiger partial charge >= 0.3 is 0 Å². The number of phenolic OH excluding ortho intramolecular Hbond substituents is 2. The Labute approximate surface area is 199 Å². The van der Waals surface area contributed by atoms with Crippen molar-refractivity contribution in [1.82, 2.24) is 5.32 Å². The van der Waals surface area contributed by atoms with E-state index in [1.807, 2.05) is 6.07 Å². The molecule has 0 saturated carbocycles. The van der Waals surface area contributed by atoms with Crippen LogP contribution in [0.3, 0.4) is 0 Å². The molecule has 0 fully saturated rings. The van der Waals surface area contributed by atoms with E-state index in [1.54, 1.807) is 17.4 Å². The lowest BCUT2D eigenvalue weighted by Crippen LogP contribution is -2.33. The number of hydrogen-bond acceptors (Lipinski definition) is 5. The molecule has 0 amide bonds. The molecule has 1 aromatic carbocycles. The summed E-state index contributed by atoms with van der Waals surface area (Å²) in [5.41, 5.74) is 9.83. The fourth-order valence-corrected chi connectivity index (χ4v) is 4.83. The van der Waals surface area contributed by atoms with Gasteiger partial charge in [0.05, 0.1) is 0 Å². The summed E-state index contributed by atoms with van der Waals surface area (Å²) in [6.45, 7) is 2.14. The summed E-state index contributed by atoms with van der Waals surface area (Å²) in [6, 6.07) is 5.90. The second kappa shape index (κ2) is 13.7. The van der Waals surface area contributed by atoms with Gasteiger partial charge < -0.3 is 21.3 Å². The van der Waals surface area contributed by atoms with Crippen molar-refractivity contribution in [1.29, 1.82) is 0 Å². The van der Waals surface area contributed by atoms with E-state index in [4.69, 9.17) is 5.73 Å². The Morgan fingerprint density at radius 2 is 1.83 bits per heavy atom. The van der Waals surface area contributed by atoms with Crippen molar-refractivity contribution in [2.24, 2.45) is 5.73 Å². The maximum atomic E-state index is 10.1. The van der Waals surface area contributed by atoms with E-state index in [1.165, 1.54) is 24.8 Å². The van der Waals surface area contributed by atoms with Crippen LogP contribution >= 0.6 is 45.3 Å². The average Bonchev–Trinajstić information content (AvgIpc) is 3.18. The standard InChI is InChI=1S/C22H32N2O2S.2BrH/c23-20-8-6-19-17(7-9-21(25)22(19)26)18(20)5-3-1-2-4-12-24-13-10-16-11-14-27-15-16;;/h7,9,11,14-15,18,20,24-26H,1-6,8,10,12-13,23H2;2*1H. The summed E-state index contributed by atoms with van der Waals surface area (Å²) < 4.78 is 0. The van der Waals surface area contributed by atoms with Crippen molar-refractivity contribution in [2.45, 2.75) is 63.3 Å². The number of phenols is 2. The number of nitrogens with one attached hydrogen (secondary N) is 1. The van der Waals surface area contributed by atoms with E-state index in [0.717, 1.165) is 56.3 Å². The zero-order valence-corrected chi connectivity index (χ0v) is 21.1. The first-order chi connectivity index (χ1) is 13.2. The highest BCUT2D eigenvalue weighted by molar-refractivity contribution is 8.93. The molecule has 1 aliphatic rings. The molecule has 2 atom stereocenters. The predicted molar refractivity (Wildman–Crippen MR) is 133 cm³/mol. The van der Waals surface area contributed by atoms with Crippen LogP contribution in [0.2, 0.25) is 0 Å². The molecule has 0 spiro atoms. The lowest BCUT2D eigenvalue weighted by atomic mass is 9.76. The fraction of sp³-hybridized carbons (Fsp3) is 0.545. The molecular formula is C22H34Br2N2O2S. The van der Waals surface area contributed by atoms with E-state index < -0.39 is 0 Å². The highest BCUT2D eigenvalue weighted by atomic mass is 79.9. The maximum absolute atomic E-state index is 10.1. The molecular weight excluding hydrogens is 516 g/mol. The minimum absolute atomic E-state index is 0. The molecule has 3 rings (SSSR count). The highest BCUT2D eigenvalue weighted by Gasteiger charge is 2.29. The van der Waals surface area contributed by atoms with Crippen LogP contribution in [0, 0.1) is 0 Å². The quantitative estimate of drug-likeness (QED) is 0.234. The molecule has 29 heavy (non-hydrogen) atoms. The van der Waals surface area contributed by atoms with Gasteiger partial charge in [-0.2, -0.15) is 11.3 Å². The maximum Gasteiger partial charge on any atom is 0.160 e. The summed E-state index contributed by atoms with van der Waals surface area (Å²) >= 11 is 1.76. The lowest BCUT2D eigenvalue weighted by molar-refractivity contribution is 0.380. The monoisotopic (exact) mass is 548 g/mol. The van der Waals surface area contributed by atoms with Gasteiger partial charge in [0.25, 0.3) is 0 Å². The smallest absolute Gasteiger partial charge is 0.160 e. The Balaban J connectivity index is 0.00000210. The van der Waals surface area contributed by atoms with Gasteiger partial charge in [-0.1, -0.05) is 25.3 Å². The average molecular weight is 550 g/mol. The first kappa shape index (κ1) is 26.4. The van der Waals surface area contributed by atoms with Crippen LogP contribution in [-0.2, 0) is 12.8 Å². The zero-order valence-electron chi connectivity index (χ0n) is 16.8. The minimum atomic E-state index is -0.0190. The molecule has 0 radical (unpaired) electrons. The molecule has 1 aromatic heterocycles. The normalized spacial score (nSPS) is 17.8. The summed E-state index contributed by atoms with van der Waals surface area (Å²) in [7, 11) is 0. The van der Waals surface area contributed by atoms with Crippen LogP contribution in [0.4, 0.5) is 0 Å². The predicted octanol–water partition coefficient (Wildman–Crippen LogP) is 5.46. The molecule has 2 unspecified atom stereocenters. The van der Waals surface area contributed by atoms with Gasteiger partial charge in [-0.05, 0) is 85.1 Å². The van der Waals surface area contributed by atoms with Gasteiger partial charge in [0.1, 0.15) is 0 Å². The van der Waals surface area contributed by atoms with E-state index >= 15 is 0 Å². The minimum Gasteiger partial charge on any atom is -0.504 e. The molecule has 0 bridgehead atoms. The molecule has 5 N–H and O–H groups in total. The van der Waals surface area contributed by atoms with Gasteiger partial charge in [0.2, 0.25) is 0 Å². The van der Waals surface area contributed by atoms with Crippen molar-refractivity contribution in [3.63, 3.8) is 0 Å². The van der Waals surface area contributed by atoms with Crippen molar-refractivity contribution < 1.29 is 10.2 Å². The Bertz CT molecular complexity index is 713. The van der Waals surface area contributed by atoms with Crippen molar-refractivity contribution in [2.75, 3.05) is 13.1 Å². The summed E-state index contributed by atoms with van der Waals surface area (Å²) in [5, 5.41) is 27.7. The zero-order chi connectivity index (χ0) is 19.1. The van der Waals surface area contributed by atoms with Crippen LogP contribution in [0.5, 0.6) is 11.5 Å². The van der Waals surface area contributed by atoms with Crippen LogP contribution in [0.1, 0.15) is 61.1 Å². The van der Waals surface area contributed by atoms with Crippen LogP contribution in [-0.4, -0.2) is 29.3 Å². The number of halogens is 2. The first-order valence-electron chi connectivity index (χ1n) is 10.2. The van der Waals surface area contributed by atoms with Crippen molar-refractivity contribution in [3.8, 4) is 11.5 Å². The van der Waals surface area contributed by atoms with Crippen LogP contribution in [0.15, 0.2) is 29.0 Å². The van der Waals surface area contributed by atoms with Gasteiger partial charge in [-0.3, -0.25) is 0 Å². The third-order valence-corrected chi connectivity index (χ3v) is 6.46. The first-order valence-corrected chi connectivity index (χ1v) is 11.1. The lowest BCUT2D eigenvalue weighted by Gasteiger charge is -2.32. The van der Waals surface area contributed by atoms with E-state index in [0.29, 0.717) is 5.92 Å². The Morgan fingerprint density at radius 1 is 1.03 bits per heavy atom. The topological polar surface area (TPSA) is 78.5 Å². The Hall–Kier alpha value is -0.600. The number of nitrogens with two attached hydrogens (primary N) is 1. The molecule has 164 valence electrons. The number of aromatic hydroxyl groups is 2. The molecule has 2 aromatic rings. The summed E-state index contributed by atoms with van der Waals surface area (Å²) in [5.74, 6) is 0.330. The SMILES string of the molecule is Br.Br.NC1CCc2c(ccc(O)c2O)C1CCCCCCNCCc1ccsc1. The second-order valence-electron chi connectivity index (χ2n) is 7.64.